The third-order valence-electron chi connectivity index (χ3n) is 4.71. The van der Waals surface area contributed by atoms with E-state index in [9.17, 15) is 4.79 Å². The minimum absolute atomic E-state index is 0.108. The Hall–Kier alpha value is -1.55. The quantitative estimate of drug-likeness (QED) is 0.877. The van der Waals surface area contributed by atoms with Crippen molar-refractivity contribution in [2.45, 2.75) is 40.0 Å². The largest absolute Gasteiger partial charge is 0.483 e. The van der Waals surface area contributed by atoms with E-state index in [0.717, 1.165) is 55.3 Å². The number of hydrogen-bond donors (Lipinski definition) is 1. The number of carbonyl (C=O) groups is 1. The van der Waals surface area contributed by atoms with Gasteiger partial charge >= 0.3 is 0 Å². The molecule has 2 rings (SSSR count). The van der Waals surface area contributed by atoms with Crippen LogP contribution in [0.4, 0.5) is 0 Å². The maximum atomic E-state index is 12.4. The molecule has 4 heteroatoms. The van der Waals surface area contributed by atoms with Crippen molar-refractivity contribution in [1.29, 1.82) is 0 Å². The van der Waals surface area contributed by atoms with Gasteiger partial charge in [0.25, 0.3) is 5.91 Å². The van der Waals surface area contributed by atoms with Crippen LogP contribution in [0, 0.1) is 26.7 Å². The third kappa shape index (κ3) is 4.96. The molecule has 128 valence electrons. The molecule has 0 radical (unpaired) electrons. The van der Waals surface area contributed by atoms with Crippen LogP contribution in [0.3, 0.4) is 0 Å². The number of nitrogens with zero attached hydrogens (tertiary/aromatic N) is 1. The molecule has 1 heterocycles. The van der Waals surface area contributed by atoms with Gasteiger partial charge in [-0.05, 0) is 70.7 Å². The summed E-state index contributed by atoms with van der Waals surface area (Å²) in [5.74, 6) is 1.71. The van der Waals surface area contributed by atoms with Crippen LogP contribution in [-0.2, 0) is 4.79 Å². The summed E-state index contributed by atoms with van der Waals surface area (Å²) < 4.78 is 5.83. The van der Waals surface area contributed by atoms with E-state index in [1.807, 2.05) is 25.8 Å². The monoisotopic (exact) mass is 318 g/mol. The Bertz CT molecular complexity index is 511. The summed E-state index contributed by atoms with van der Waals surface area (Å²) in [4.78, 5) is 14.3. The van der Waals surface area contributed by atoms with E-state index in [2.05, 4.69) is 24.4 Å². The lowest BCUT2D eigenvalue weighted by Gasteiger charge is -2.32. The molecule has 1 saturated heterocycles. The highest BCUT2D eigenvalue weighted by atomic mass is 16.5. The topological polar surface area (TPSA) is 41.6 Å². The molecule has 0 aliphatic carbocycles. The predicted molar refractivity (Wildman–Crippen MR) is 94.0 cm³/mol. The van der Waals surface area contributed by atoms with Gasteiger partial charge in [-0.3, -0.25) is 4.79 Å². The summed E-state index contributed by atoms with van der Waals surface area (Å²) in [5.41, 5.74) is 3.42. The van der Waals surface area contributed by atoms with Gasteiger partial charge in [0.15, 0.2) is 6.61 Å². The van der Waals surface area contributed by atoms with Crippen molar-refractivity contribution in [3.63, 3.8) is 0 Å². The molecule has 1 aliphatic rings. The van der Waals surface area contributed by atoms with E-state index in [0.29, 0.717) is 0 Å². The molecular weight excluding hydrogens is 288 g/mol. The number of piperidine rings is 1. The molecule has 23 heavy (non-hydrogen) atoms. The van der Waals surface area contributed by atoms with Gasteiger partial charge in [-0.15, -0.1) is 0 Å². The number of aryl methyl sites for hydroxylation is 3. The van der Waals surface area contributed by atoms with Crippen molar-refractivity contribution >= 4 is 5.91 Å². The third-order valence-corrected chi connectivity index (χ3v) is 4.71. The molecule has 1 aromatic rings. The number of ether oxygens (including phenoxy) is 1. The standard InChI is InChI=1S/C19H30N2O2/c1-14-11-15(2)19(16(3)12-14)23-13-18(22)21-9-6-17(7-10-21)5-8-20-4/h11-12,17,20H,5-10,13H2,1-4H3. The van der Waals surface area contributed by atoms with Crippen molar-refractivity contribution in [2.75, 3.05) is 33.3 Å². The molecule has 0 saturated carbocycles. The first-order valence-corrected chi connectivity index (χ1v) is 8.64. The van der Waals surface area contributed by atoms with Crippen molar-refractivity contribution < 1.29 is 9.53 Å². The summed E-state index contributed by atoms with van der Waals surface area (Å²) in [6, 6.07) is 4.19. The molecule has 1 aliphatic heterocycles. The molecule has 1 fully saturated rings. The highest BCUT2D eigenvalue weighted by molar-refractivity contribution is 5.78. The van der Waals surface area contributed by atoms with Gasteiger partial charge in [0.1, 0.15) is 5.75 Å². The average Bonchev–Trinajstić information content (AvgIpc) is 2.52. The zero-order chi connectivity index (χ0) is 16.8. The summed E-state index contributed by atoms with van der Waals surface area (Å²) in [5, 5.41) is 3.20. The summed E-state index contributed by atoms with van der Waals surface area (Å²) in [7, 11) is 1.99. The lowest BCUT2D eigenvalue weighted by molar-refractivity contribution is -0.134. The van der Waals surface area contributed by atoms with Crippen LogP contribution >= 0.6 is 0 Å². The van der Waals surface area contributed by atoms with Crippen LogP contribution in [0.1, 0.15) is 36.0 Å². The number of nitrogens with one attached hydrogen (secondary N) is 1. The van der Waals surface area contributed by atoms with Crippen molar-refractivity contribution in [3.8, 4) is 5.75 Å². The number of carbonyl (C=O) groups excluding carboxylic acids is 1. The first-order valence-electron chi connectivity index (χ1n) is 8.64. The second kappa shape index (κ2) is 8.34. The van der Waals surface area contributed by atoms with E-state index in [4.69, 9.17) is 4.74 Å². The van der Waals surface area contributed by atoms with Crippen LogP contribution in [0.15, 0.2) is 12.1 Å². The summed E-state index contributed by atoms with van der Waals surface area (Å²) in [6.45, 7) is 9.08. The Morgan fingerprint density at radius 3 is 2.39 bits per heavy atom. The Kier molecular flexibility index (Phi) is 6.46. The maximum Gasteiger partial charge on any atom is 0.260 e. The minimum Gasteiger partial charge on any atom is -0.483 e. The fourth-order valence-corrected chi connectivity index (χ4v) is 3.44. The first-order chi connectivity index (χ1) is 11.0. The van der Waals surface area contributed by atoms with Crippen molar-refractivity contribution in [3.05, 3.63) is 28.8 Å². The highest BCUT2D eigenvalue weighted by Crippen LogP contribution is 2.25. The van der Waals surface area contributed by atoms with Crippen LogP contribution in [0.2, 0.25) is 0 Å². The van der Waals surface area contributed by atoms with Gasteiger partial charge in [0.05, 0.1) is 0 Å². The van der Waals surface area contributed by atoms with E-state index >= 15 is 0 Å². The number of amides is 1. The zero-order valence-electron chi connectivity index (χ0n) is 14.9. The van der Waals surface area contributed by atoms with Gasteiger partial charge in [0, 0.05) is 13.1 Å². The van der Waals surface area contributed by atoms with E-state index in [1.165, 1.54) is 12.0 Å². The Labute approximate surface area is 140 Å². The fourth-order valence-electron chi connectivity index (χ4n) is 3.44. The zero-order valence-corrected chi connectivity index (χ0v) is 14.9. The summed E-state index contributed by atoms with van der Waals surface area (Å²) >= 11 is 0. The molecule has 0 aromatic heterocycles. The van der Waals surface area contributed by atoms with E-state index in [-0.39, 0.29) is 12.5 Å². The molecule has 1 amide bonds. The highest BCUT2D eigenvalue weighted by Gasteiger charge is 2.23. The van der Waals surface area contributed by atoms with E-state index < -0.39 is 0 Å². The lowest BCUT2D eigenvalue weighted by Crippen LogP contribution is -2.41. The minimum atomic E-state index is 0.108. The SMILES string of the molecule is CNCCC1CCN(C(=O)COc2c(C)cc(C)cc2C)CC1. The summed E-state index contributed by atoms with van der Waals surface area (Å²) in [6.07, 6.45) is 3.42. The predicted octanol–water partition coefficient (Wildman–Crippen LogP) is 2.84. The number of likely N-dealkylation sites (tertiary alicyclic amines) is 1. The molecular formula is C19H30N2O2. The van der Waals surface area contributed by atoms with Crippen LogP contribution in [-0.4, -0.2) is 44.1 Å². The second-order valence-corrected chi connectivity index (χ2v) is 6.73. The number of hydrogen-bond acceptors (Lipinski definition) is 3. The Morgan fingerprint density at radius 2 is 1.83 bits per heavy atom. The van der Waals surface area contributed by atoms with Crippen LogP contribution in [0.5, 0.6) is 5.75 Å². The number of benzene rings is 1. The normalized spacial score (nSPS) is 15.7. The average molecular weight is 318 g/mol. The molecule has 0 bridgehead atoms. The molecule has 1 aromatic carbocycles. The van der Waals surface area contributed by atoms with Gasteiger partial charge in [0.2, 0.25) is 0 Å². The van der Waals surface area contributed by atoms with Crippen molar-refractivity contribution in [2.24, 2.45) is 5.92 Å². The Balaban J connectivity index is 1.82. The first kappa shape index (κ1) is 17.8. The molecule has 0 unspecified atom stereocenters. The molecule has 0 atom stereocenters. The van der Waals surface area contributed by atoms with Crippen LogP contribution < -0.4 is 10.1 Å². The second-order valence-electron chi connectivity index (χ2n) is 6.73. The smallest absolute Gasteiger partial charge is 0.260 e. The Morgan fingerprint density at radius 1 is 1.22 bits per heavy atom. The van der Waals surface area contributed by atoms with Gasteiger partial charge in [-0.1, -0.05) is 17.7 Å². The number of rotatable bonds is 6. The lowest BCUT2D eigenvalue weighted by atomic mass is 9.93. The van der Waals surface area contributed by atoms with E-state index in [1.54, 1.807) is 0 Å². The van der Waals surface area contributed by atoms with Crippen molar-refractivity contribution in [1.82, 2.24) is 10.2 Å². The maximum absolute atomic E-state index is 12.4. The van der Waals surface area contributed by atoms with Gasteiger partial charge in [-0.25, -0.2) is 0 Å². The van der Waals surface area contributed by atoms with Gasteiger partial charge < -0.3 is 15.0 Å². The fraction of sp³-hybridized carbons (Fsp3) is 0.632. The molecule has 4 nitrogen and oxygen atoms in total. The van der Waals surface area contributed by atoms with Crippen LogP contribution in [0.25, 0.3) is 0 Å². The molecule has 0 spiro atoms. The molecule has 1 N–H and O–H groups in total. The van der Waals surface area contributed by atoms with Gasteiger partial charge in [-0.2, -0.15) is 0 Å².